The summed E-state index contributed by atoms with van der Waals surface area (Å²) in [5, 5.41) is 0.820. The molecule has 0 unspecified atom stereocenters. The Morgan fingerprint density at radius 2 is 1.89 bits per heavy atom. The zero-order valence-electron chi connectivity index (χ0n) is 10.8. The molecule has 0 radical (unpaired) electrons. The Labute approximate surface area is 121 Å². The molecule has 2 rings (SSSR count). The van der Waals surface area contributed by atoms with E-state index in [9.17, 15) is 4.39 Å². The van der Waals surface area contributed by atoms with Gasteiger partial charge in [0, 0.05) is 11.4 Å². The van der Waals surface area contributed by atoms with Crippen molar-refractivity contribution in [3.8, 4) is 5.75 Å². The van der Waals surface area contributed by atoms with Gasteiger partial charge in [-0.1, -0.05) is 59.3 Å². The van der Waals surface area contributed by atoms with Crippen molar-refractivity contribution in [3.63, 3.8) is 0 Å². The van der Waals surface area contributed by atoms with Crippen LogP contribution >= 0.6 is 15.9 Å². The Hall–Kier alpha value is -1.35. The van der Waals surface area contributed by atoms with Crippen LogP contribution < -0.4 is 4.74 Å². The molecule has 19 heavy (non-hydrogen) atoms. The van der Waals surface area contributed by atoms with Crippen molar-refractivity contribution in [2.24, 2.45) is 0 Å². The van der Waals surface area contributed by atoms with Crippen molar-refractivity contribution < 1.29 is 9.13 Å². The molecule has 0 amide bonds. The number of hydrogen-bond acceptors (Lipinski definition) is 1. The maximum Gasteiger partial charge on any atom is 0.126 e. The lowest BCUT2D eigenvalue weighted by atomic mass is 10.0. The number of alkyl halides is 1. The quantitative estimate of drug-likeness (QED) is 0.711. The van der Waals surface area contributed by atoms with Gasteiger partial charge in [-0.05, 0) is 23.1 Å². The van der Waals surface area contributed by atoms with Crippen LogP contribution in [0.1, 0.15) is 24.0 Å². The molecule has 2 aromatic rings. The first-order chi connectivity index (χ1) is 9.20. The highest BCUT2D eigenvalue weighted by atomic mass is 79.9. The average molecular weight is 323 g/mol. The van der Waals surface area contributed by atoms with Gasteiger partial charge in [-0.25, -0.2) is 4.39 Å². The van der Waals surface area contributed by atoms with Gasteiger partial charge in [-0.3, -0.25) is 0 Å². The summed E-state index contributed by atoms with van der Waals surface area (Å²) in [6.45, 7) is 2.53. The van der Waals surface area contributed by atoms with Gasteiger partial charge in [0.25, 0.3) is 0 Å². The molecule has 0 bridgehead atoms. The van der Waals surface area contributed by atoms with Gasteiger partial charge < -0.3 is 4.74 Å². The lowest BCUT2D eigenvalue weighted by molar-refractivity contribution is 0.300. The van der Waals surface area contributed by atoms with Gasteiger partial charge in [0.05, 0.1) is 0 Å². The molecule has 2 aromatic carbocycles. The van der Waals surface area contributed by atoms with Crippen molar-refractivity contribution in [3.05, 3.63) is 65.5 Å². The van der Waals surface area contributed by atoms with Crippen LogP contribution in [0.25, 0.3) is 0 Å². The average Bonchev–Trinajstić information content (AvgIpc) is 2.45. The van der Waals surface area contributed by atoms with Crippen LogP contribution in [0.15, 0.2) is 48.5 Å². The van der Waals surface area contributed by atoms with E-state index in [1.807, 2.05) is 30.3 Å². The molecular weight excluding hydrogens is 307 g/mol. The molecule has 0 spiro atoms. The number of rotatable bonds is 5. The van der Waals surface area contributed by atoms with E-state index >= 15 is 0 Å². The largest absolute Gasteiger partial charge is 0.489 e. The van der Waals surface area contributed by atoms with Gasteiger partial charge in [0.2, 0.25) is 0 Å². The monoisotopic (exact) mass is 322 g/mol. The standard InChI is InChI=1S/C16H16BrFO/c1-12(10-17)15-8-7-14(18)9-16(15)19-11-13-5-3-2-4-6-13/h2-9,12H,10-11H2,1H3/t12-/m0/s1. The molecule has 0 aromatic heterocycles. The molecule has 1 atom stereocenters. The van der Waals surface area contributed by atoms with E-state index in [0.29, 0.717) is 12.4 Å². The van der Waals surface area contributed by atoms with Crippen LogP contribution in [0.5, 0.6) is 5.75 Å². The lowest BCUT2D eigenvalue weighted by Crippen LogP contribution is -2.02. The minimum absolute atomic E-state index is 0.270. The van der Waals surface area contributed by atoms with Gasteiger partial charge in [-0.2, -0.15) is 0 Å². The first-order valence-corrected chi connectivity index (χ1v) is 7.35. The second-order valence-electron chi connectivity index (χ2n) is 4.51. The fourth-order valence-electron chi connectivity index (χ4n) is 1.86. The third kappa shape index (κ3) is 3.80. The molecule has 0 aliphatic rings. The summed E-state index contributed by atoms with van der Waals surface area (Å²) in [4.78, 5) is 0. The van der Waals surface area contributed by atoms with E-state index in [4.69, 9.17) is 4.74 Å². The minimum atomic E-state index is -0.270. The molecule has 0 heterocycles. The second-order valence-corrected chi connectivity index (χ2v) is 5.16. The van der Waals surface area contributed by atoms with Crippen LogP contribution in [0.2, 0.25) is 0 Å². The summed E-state index contributed by atoms with van der Waals surface area (Å²) >= 11 is 3.45. The van der Waals surface area contributed by atoms with E-state index in [2.05, 4.69) is 22.9 Å². The maximum absolute atomic E-state index is 13.3. The SMILES string of the molecule is C[C@@H](CBr)c1ccc(F)cc1OCc1ccccc1. The third-order valence-corrected chi connectivity index (χ3v) is 3.95. The molecule has 3 heteroatoms. The molecule has 0 aliphatic carbocycles. The highest BCUT2D eigenvalue weighted by molar-refractivity contribution is 9.09. The van der Waals surface area contributed by atoms with E-state index in [0.717, 1.165) is 16.5 Å². The maximum atomic E-state index is 13.3. The summed E-state index contributed by atoms with van der Waals surface area (Å²) in [6.07, 6.45) is 0. The van der Waals surface area contributed by atoms with Crippen molar-refractivity contribution in [1.29, 1.82) is 0 Å². The van der Waals surface area contributed by atoms with Gasteiger partial charge in [0.15, 0.2) is 0 Å². The number of hydrogen-bond donors (Lipinski definition) is 0. The summed E-state index contributed by atoms with van der Waals surface area (Å²) in [5.74, 6) is 0.635. The molecule has 100 valence electrons. The minimum Gasteiger partial charge on any atom is -0.489 e. The zero-order chi connectivity index (χ0) is 13.7. The van der Waals surface area contributed by atoms with Crippen LogP contribution in [0.4, 0.5) is 4.39 Å². The van der Waals surface area contributed by atoms with Crippen molar-refractivity contribution in [2.45, 2.75) is 19.4 Å². The van der Waals surface area contributed by atoms with Crippen LogP contribution in [-0.2, 0) is 6.61 Å². The molecule has 0 aliphatic heterocycles. The summed E-state index contributed by atoms with van der Waals surface area (Å²) < 4.78 is 19.1. The van der Waals surface area contributed by atoms with E-state index in [1.165, 1.54) is 12.1 Å². The topological polar surface area (TPSA) is 9.23 Å². The number of halogens is 2. The Morgan fingerprint density at radius 3 is 2.58 bits per heavy atom. The van der Waals surface area contributed by atoms with E-state index < -0.39 is 0 Å². The summed E-state index contributed by atoms with van der Waals surface area (Å²) in [6, 6.07) is 14.6. The Bertz CT molecular complexity index is 528. The van der Waals surface area contributed by atoms with Crippen LogP contribution in [-0.4, -0.2) is 5.33 Å². The Balaban J connectivity index is 2.16. The van der Waals surface area contributed by atoms with E-state index in [-0.39, 0.29) is 11.7 Å². The smallest absolute Gasteiger partial charge is 0.126 e. The molecule has 0 fully saturated rings. The van der Waals surface area contributed by atoms with Gasteiger partial charge in [-0.15, -0.1) is 0 Å². The third-order valence-electron chi connectivity index (χ3n) is 2.98. The first kappa shape index (κ1) is 14.1. The fraction of sp³-hybridized carbons (Fsp3) is 0.250. The van der Waals surface area contributed by atoms with Crippen LogP contribution in [0, 0.1) is 5.82 Å². The molecular formula is C16H16BrFO. The van der Waals surface area contributed by atoms with Crippen LogP contribution in [0.3, 0.4) is 0 Å². The van der Waals surface area contributed by atoms with Crippen molar-refractivity contribution in [1.82, 2.24) is 0 Å². The lowest BCUT2D eigenvalue weighted by Gasteiger charge is -2.15. The van der Waals surface area contributed by atoms with Crippen molar-refractivity contribution in [2.75, 3.05) is 5.33 Å². The number of ether oxygens (including phenoxy) is 1. The Kier molecular flexibility index (Phi) is 4.97. The molecule has 1 nitrogen and oxygen atoms in total. The Morgan fingerprint density at radius 1 is 1.16 bits per heavy atom. The highest BCUT2D eigenvalue weighted by Crippen LogP contribution is 2.29. The molecule has 0 saturated heterocycles. The van der Waals surface area contributed by atoms with Crippen molar-refractivity contribution >= 4 is 15.9 Å². The zero-order valence-corrected chi connectivity index (χ0v) is 12.4. The summed E-state index contributed by atoms with van der Waals surface area (Å²) in [5.41, 5.74) is 2.10. The highest BCUT2D eigenvalue weighted by Gasteiger charge is 2.12. The fourth-order valence-corrected chi connectivity index (χ4v) is 2.21. The predicted molar refractivity (Wildman–Crippen MR) is 79.4 cm³/mol. The summed E-state index contributed by atoms with van der Waals surface area (Å²) in [7, 11) is 0. The second kappa shape index (κ2) is 6.71. The molecule has 0 N–H and O–H groups in total. The van der Waals surface area contributed by atoms with Gasteiger partial charge >= 0.3 is 0 Å². The predicted octanol–water partition coefficient (Wildman–Crippen LogP) is 4.90. The molecule has 0 saturated carbocycles. The first-order valence-electron chi connectivity index (χ1n) is 6.23. The van der Waals surface area contributed by atoms with Gasteiger partial charge in [0.1, 0.15) is 18.2 Å². The number of benzene rings is 2. The van der Waals surface area contributed by atoms with E-state index in [1.54, 1.807) is 6.07 Å². The normalized spacial score (nSPS) is 12.2.